The number of hydrogen-bond donors (Lipinski definition) is 0. The van der Waals surface area contributed by atoms with Gasteiger partial charge in [0.25, 0.3) is 0 Å². The third-order valence-corrected chi connectivity index (χ3v) is 2.80. The molecule has 0 N–H and O–H groups in total. The molecule has 20 heavy (non-hydrogen) atoms. The predicted octanol–water partition coefficient (Wildman–Crippen LogP) is 0.748. The van der Waals surface area contributed by atoms with Gasteiger partial charge in [-0.3, -0.25) is 4.79 Å². The van der Waals surface area contributed by atoms with Crippen LogP contribution in [0.1, 0.15) is 5.69 Å². The molecule has 1 saturated heterocycles. The first kappa shape index (κ1) is 14.5. The van der Waals surface area contributed by atoms with E-state index in [2.05, 4.69) is 9.97 Å². The molecule has 0 atom stereocenters. The van der Waals surface area contributed by atoms with Crippen LogP contribution in [0.5, 0.6) is 0 Å². The van der Waals surface area contributed by atoms with Gasteiger partial charge in [0.1, 0.15) is 12.2 Å². The van der Waals surface area contributed by atoms with E-state index >= 15 is 0 Å². The summed E-state index contributed by atoms with van der Waals surface area (Å²) in [5.41, 5.74) is -1.02. The Kier molecular flexibility index (Phi) is 4.07. The molecule has 0 aliphatic carbocycles. The number of halogens is 3. The van der Waals surface area contributed by atoms with Gasteiger partial charge in [0.2, 0.25) is 11.9 Å². The van der Waals surface area contributed by atoms with Gasteiger partial charge in [-0.2, -0.15) is 13.2 Å². The Hall–Kier alpha value is -1.90. The number of amides is 1. The first-order valence-electron chi connectivity index (χ1n) is 5.83. The lowest BCUT2D eigenvalue weighted by Crippen LogP contribution is -2.31. The molecule has 1 fully saturated rings. The largest absolute Gasteiger partial charge is 0.433 e. The minimum absolute atomic E-state index is 0.0367. The summed E-state index contributed by atoms with van der Waals surface area (Å²) in [6, 6.07) is 0.796. The molecule has 1 aromatic heterocycles. The molecule has 1 aliphatic heterocycles. The molecular formula is C11H13F3N4O2. The first-order chi connectivity index (χ1) is 9.41. The summed E-state index contributed by atoms with van der Waals surface area (Å²) >= 11 is 0. The SMILES string of the molecule is COCCN1CN(c2nccc(C(F)(F)F)n2)CC1=O. The standard InChI is InChI=1S/C11H13F3N4O2/c1-20-5-4-17-7-18(6-9(17)19)10-15-3-2-8(16-10)11(12,13)14/h2-3H,4-7H2,1H3. The maximum atomic E-state index is 12.6. The molecular weight excluding hydrogens is 277 g/mol. The molecule has 0 unspecified atom stereocenters. The third-order valence-electron chi connectivity index (χ3n) is 2.80. The van der Waals surface area contributed by atoms with Gasteiger partial charge < -0.3 is 14.5 Å². The summed E-state index contributed by atoms with van der Waals surface area (Å²) in [4.78, 5) is 21.8. The minimum atomic E-state index is -4.53. The van der Waals surface area contributed by atoms with Crippen LogP contribution in [0.4, 0.5) is 19.1 Å². The van der Waals surface area contributed by atoms with Gasteiger partial charge in [-0.15, -0.1) is 0 Å². The van der Waals surface area contributed by atoms with E-state index in [0.29, 0.717) is 13.2 Å². The molecule has 1 aromatic rings. The number of ether oxygens (including phenoxy) is 1. The van der Waals surface area contributed by atoms with Crippen LogP contribution >= 0.6 is 0 Å². The van der Waals surface area contributed by atoms with Crippen molar-refractivity contribution in [3.8, 4) is 0 Å². The van der Waals surface area contributed by atoms with Gasteiger partial charge in [-0.05, 0) is 6.07 Å². The van der Waals surface area contributed by atoms with Crippen molar-refractivity contribution < 1.29 is 22.7 Å². The van der Waals surface area contributed by atoms with E-state index in [1.165, 1.54) is 16.9 Å². The van der Waals surface area contributed by atoms with Crippen molar-refractivity contribution in [3.63, 3.8) is 0 Å². The van der Waals surface area contributed by atoms with Gasteiger partial charge >= 0.3 is 6.18 Å². The van der Waals surface area contributed by atoms with Gasteiger partial charge in [0, 0.05) is 19.9 Å². The lowest BCUT2D eigenvalue weighted by molar-refractivity contribution is -0.141. The molecule has 1 amide bonds. The molecule has 0 bridgehead atoms. The van der Waals surface area contributed by atoms with Crippen molar-refractivity contribution in [2.75, 3.05) is 38.4 Å². The van der Waals surface area contributed by atoms with Crippen LogP contribution in [0, 0.1) is 0 Å². The molecule has 110 valence electrons. The minimum Gasteiger partial charge on any atom is -0.383 e. The first-order valence-corrected chi connectivity index (χ1v) is 5.83. The Morgan fingerprint density at radius 3 is 2.85 bits per heavy atom. The van der Waals surface area contributed by atoms with Crippen LogP contribution in [-0.2, 0) is 15.7 Å². The highest BCUT2D eigenvalue weighted by atomic mass is 19.4. The average molecular weight is 290 g/mol. The average Bonchev–Trinajstić information content (AvgIpc) is 2.77. The van der Waals surface area contributed by atoms with Gasteiger partial charge in [-0.25, -0.2) is 9.97 Å². The molecule has 0 spiro atoms. The monoisotopic (exact) mass is 290 g/mol. The summed E-state index contributed by atoms with van der Waals surface area (Å²) in [7, 11) is 1.51. The molecule has 0 aromatic carbocycles. The number of alkyl halides is 3. The second-order valence-corrected chi connectivity index (χ2v) is 4.23. The highest BCUT2D eigenvalue weighted by Gasteiger charge is 2.34. The summed E-state index contributed by atoms with van der Waals surface area (Å²) < 4.78 is 42.6. The van der Waals surface area contributed by atoms with Crippen LogP contribution in [0.15, 0.2) is 12.3 Å². The molecule has 0 saturated carbocycles. The third kappa shape index (κ3) is 3.16. The summed E-state index contributed by atoms with van der Waals surface area (Å²) in [6.45, 7) is 0.863. The zero-order chi connectivity index (χ0) is 14.8. The summed E-state index contributed by atoms with van der Waals surface area (Å²) in [5, 5.41) is 0. The van der Waals surface area contributed by atoms with Crippen molar-refractivity contribution in [2.24, 2.45) is 0 Å². The highest BCUT2D eigenvalue weighted by Crippen LogP contribution is 2.28. The normalized spacial score (nSPS) is 16.1. The Morgan fingerprint density at radius 1 is 1.45 bits per heavy atom. The number of carbonyl (C=O) groups is 1. The number of carbonyl (C=O) groups excluding carboxylic acids is 1. The Balaban J connectivity index is 2.11. The van der Waals surface area contributed by atoms with Crippen molar-refractivity contribution in [3.05, 3.63) is 18.0 Å². The van der Waals surface area contributed by atoms with Crippen LogP contribution in [-0.4, -0.2) is 54.2 Å². The lowest BCUT2D eigenvalue weighted by Gasteiger charge is -2.18. The second kappa shape index (κ2) is 5.61. The predicted molar refractivity (Wildman–Crippen MR) is 62.8 cm³/mol. The van der Waals surface area contributed by atoms with E-state index < -0.39 is 11.9 Å². The summed E-state index contributed by atoms with van der Waals surface area (Å²) in [5.74, 6) is -0.295. The van der Waals surface area contributed by atoms with Crippen molar-refractivity contribution in [1.82, 2.24) is 14.9 Å². The van der Waals surface area contributed by atoms with E-state index in [9.17, 15) is 18.0 Å². The number of anilines is 1. The molecule has 0 radical (unpaired) electrons. The molecule has 9 heteroatoms. The number of rotatable bonds is 4. The van der Waals surface area contributed by atoms with E-state index in [-0.39, 0.29) is 25.1 Å². The molecule has 2 heterocycles. The fraction of sp³-hybridized carbons (Fsp3) is 0.545. The number of methoxy groups -OCH3 is 1. The van der Waals surface area contributed by atoms with Crippen molar-refractivity contribution >= 4 is 11.9 Å². The van der Waals surface area contributed by atoms with Crippen molar-refractivity contribution in [2.45, 2.75) is 6.18 Å². The Labute approximate surface area is 113 Å². The van der Waals surface area contributed by atoms with E-state index in [1.807, 2.05) is 0 Å². The van der Waals surface area contributed by atoms with Gasteiger partial charge in [0.05, 0.1) is 13.3 Å². The van der Waals surface area contributed by atoms with Crippen LogP contribution in [0.3, 0.4) is 0 Å². The number of nitrogens with zero attached hydrogens (tertiary/aromatic N) is 4. The molecule has 6 nitrogen and oxygen atoms in total. The Morgan fingerprint density at radius 2 is 2.20 bits per heavy atom. The van der Waals surface area contributed by atoms with E-state index in [1.54, 1.807) is 0 Å². The van der Waals surface area contributed by atoms with Crippen LogP contribution in [0.2, 0.25) is 0 Å². The lowest BCUT2D eigenvalue weighted by atomic mass is 10.4. The maximum Gasteiger partial charge on any atom is 0.433 e. The second-order valence-electron chi connectivity index (χ2n) is 4.23. The quantitative estimate of drug-likeness (QED) is 0.819. The molecule has 2 rings (SSSR count). The maximum absolute atomic E-state index is 12.6. The van der Waals surface area contributed by atoms with E-state index in [0.717, 1.165) is 12.3 Å². The smallest absolute Gasteiger partial charge is 0.383 e. The highest BCUT2D eigenvalue weighted by molar-refractivity contribution is 5.84. The molecule has 1 aliphatic rings. The van der Waals surface area contributed by atoms with Crippen LogP contribution < -0.4 is 4.90 Å². The number of aromatic nitrogens is 2. The number of hydrogen-bond acceptors (Lipinski definition) is 5. The fourth-order valence-corrected chi connectivity index (χ4v) is 1.79. The van der Waals surface area contributed by atoms with Crippen molar-refractivity contribution in [1.29, 1.82) is 0 Å². The van der Waals surface area contributed by atoms with Gasteiger partial charge in [0.15, 0.2) is 0 Å². The van der Waals surface area contributed by atoms with Gasteiger partial charge in [-0.1, -0.05) is 0 Å². The zero-order valence-electron chi connectivity index (χ0n) is 10.7. The summed E-state index contributed by atoms with van der Waals surface area (Å²) in [6.07, 6.45) is -3.50. The van der Waals surface area contributed by atoms with E-state index in [4.69, 9.17) is 4.74 Å². The fourth-order valence-electron chi connectivity index (χ4n) is 1.79. The topological polar surface area (TPSA) is 58.6 Å². The zero-order valence-corrected chi connectivity index (χ0v) is 10.7. The Bertz CT molecular complexity index is 495. The van der Waals surface area contributed by atoms with Crippen LogP contribution in [0.25, 0.3) is 0 Å².